The van der Waals surface area contributed by atoms with E-state index in [1.807, 2.05) is 12.1 Å². The van der Waals surface area contributed by atoms with Crippen LogP contribution < -0.4 is 5.32 Å². The Morgan fingerprint density at radius 1 is 1.14 bits per heavy atom. The average Bonchev–Trinajstić information content (AvgIpc) is 2.97. The highest BCUT2D eigenvalue weighted by atomic mass is 16.3. The van der Waals surface area contributed by atoms with Crippen molar-refractivity contribution < 1.29 is 5.11 Å². The summed E-state index contributed by atoms with van der Waals surface area (Å²) in [5.74, 6) is 1.05. The highest BCUT2D eigenvalue weighted by Crippen LogP contribution is 2.34. The fourth-order valence-electron chi connectivity index (χ4n) is 3.62. The van der Waals surface area contributed by atoms with Crippen molar-refractivity contribution in [1.82, 2.24) is 9.88 Å². The summed E-state index contributed by atoms with van der Waals surface area (Å²) in [6, 6.07) is 12.3. The van der Waals surface area contributed by atoms with E-state index >= 15 is 0 Å². The van der Waals surface area contributed by atoms with Crippen molar-refractivity contribution in [2.75, 3.05) is 0 Å². The van der Waals surface area contributed by atoms with E-state index < -0.39 is 0 Å². The molecule has 1 aliphatic carbocycles. The predicted molar refractivity (Wildman–Crippen MR) is 89.7 cm³/mol. The zero-order valence-electron chi connectivity index (χ0n) is 13.3. The molecule has 0 aliphatic heterocycles. The van der Waals surface area contributed by atoms with E-state index in [9.17, 15) is 5.11 Å². The third kappa shape index (κ3) is 3.53. The van der Waals surface area contributed by atoms with Crippen LogP contribution in [-0.2, 0) is 13.6 Å². The van der Waals surface area contributed by atoms with E-state index in [4.69, 9.17) is 0 Å². The highest BCUT2D eigenvalue weighted by Gasteiger charge is 2.26. The van der Waals surface area contributed by atoms with Crippen LogP contribution in [0.3, 0.4) is 0 Å². The summed E-state index contributed by atoms with van der Waals surface area (Å²) in [5, 5.41) is 13.2. The zero-order valence-corrected chi connectivity index (χ0v) is 13.3. The van der Waals surface area contributed by atoms with Crippen molar-refractivity contribution in [1.29, 1.82) is 0 Å². The number of nitrogens with zero attached hydrogens (tertiary/aromatic N) is 1. The second kappa shape index (κ2) is 7.01. The van der Waals surface area contributed by atoms with Gasteiger partial charge in [-0.05, 0) is 48.6 Å². The lowest BCUT2D eigenvalue weighted by atomic mass is 9.82. The Morgan fingerprint density at radius 3 is 2.50 bits per heavy atom. The molecule has 0 bridgehead atoms. The normalized spacial score (nSPS) is 17.5. The number of phenolic OH excluding ortho intramolecular Hbond substituents is 1. The summed E-state index contributed by atoms with van der Waals surface area (Å²) in [5.41, 5.74) is 2.60. The number of phenols is 1. The molecule has 1 saturated carbocycles. The Bertz CT molecular complexity index is 582. The average molecular weight is 298 g/mol. The van der Waals surface area contributed by atoms with Gasteiger partial charge in [0.25, 0.3) is 0 Å². The van der Waals surface area contributed by atoms with Gasteiger partial charge in [0.15, 0.2) is 0 Å². The minimum Gasteiger partial charge on any atom is -0.508 e. The number of aryl methyl sites for hydroxylation is 1. The van der Waals surface area contributed by atoms with Crippen molar-refractivity contribution >= 4 is 0 Å². The first-order chi connectivity index (χ1) is 10.7. The first-order valence-corrected chi connectivity index (χ1v) is 8.36. The van der Waals surface area contributed by atoms with Crippen LogP contribution in [-0.4, -0.2) is 9.67 Å². The lowest BCUT2D eigenvalue weighted by Gasteiger charge is -2.31. The maximum Gasteiger partial charge on any atom is 0.115 e. The van der Waals surface area contributed by atoms with Crippen LogP contribution in [0.25, 0.3) is 0 Å². The van der Waals surface area contributed by atoms with Crippen molar-refractivity contribution in [3.63, 3.8) is 0 Å². The van der Waals surface area contributed by atoms with Crippen molar-refractivity contribution in [2.24, 2.45) is 13.0 Å². The molecular formula is C19H26N2O. The molecule has 3 rings (SSSR count). The minimum atomic E-state index is 0.329. The lowest BCUT2D eigenvalue weighted by Crippen LogP contribution is -2.30. The number of hydrogen-bond acceptors (Lipinski definition) is 2. The molecule has 3 heteroatoms. The molecule has 0 radical (unpaired) electrons. The van der Waals surface area contributed by atoms with Gasteiger partial charge in [-0.3, -0.25) is 0 Å². The molecule has 22 heavy (non-hydrogen) atoms. The Hall–Kier alpha value is -1.74. The molecule has 0 spiro atoms. The summed E-state index contributed by atoms with van der Waals surface area (Å²) in [4.78, 5) is 0. The van der Waals surface area contributed by atoms with Gasteiger partial charge in [0.2, 0.25) is 0 Å². The summed E-state index contributed by atoms with van der Waals surface area (Å²) >= 11 is 0. The van der Waals surface area contributed by atoms with Gasteiger partial charge in [-0.1, -0.05) is 31.4 Å². The third-order valence-corrected chi connectivity index (χ3v) is 4.89. The second-order valence-electron chi connectivity index (χ2n) is 6.47. The number of aromatic hydroxyl groups is 1. The summed E-state index contributed by atoms with van der Waals surface area (Å²) in [7, 11) is 2.13. The topological polar surface area (TPSA) is 37.2 Å². The quantitative estimate of drug-likeness (QED) is 0.870. The lowest BCUT2D eigenvalue weighted by molar-refractivity contribution is 0.263. The monoisotopic (exact) mass is 298 g/mol. The van der Waals surface area contributed by atoms with Gasteiger partial charge in [-0.25, -0.2) is 0 Å². The molecule has 1 aromatic carbocycles. The van der Waals surface area contributed by atoms with Crippen LogP contribution in [0.5, 0.6) is 5.75 Å². The third-order valence-electron chi connectivity index (χ3n) is 4.89. The van der Waals surface area contributed by atoms with Crippen LogP contribution >= 0.6 is 0 Å². The first-order valence-electron chi connectivity index (χ1n) is 8.36. The minimum absolute atomic E-state index is 0.329. The van der Waals surface area contributed by atoms with Crippen LogP contribution in [0.1, 0.15) is 49.4 Å². The molecule has 1 atom stereocenters. The molecule has 0 amide bonds. The van der Waals surface area contributed by atoms with Gasteiger partial charge in [-0.15, -0.1) is 0 Å². The fraction of sp³-hybridized carbons (Fsp3) is 0.474. The van der Waals surface area contributed by atoms with E-state index in [1.165, 1.54) is 43.4 Å². The first kappa shape index (κ1) is 15.2. The van der Waals surface area contributed by atoms with E-state index in [0.717, 1.165) is 12.5 Å². The number of hydrogen-bond donors (Lipinski definition) is 2. The Labute approximate surface area is 133 Å². The van der Waals surface area contributed by atoms with Gasteiger partial charge >= 0.3 is 0 Å². The van der Waals surface area contributed by atoms with Gasteiger partial charge < -0.3 is 15.0 Å². The number of aromatic nitrogens is 1. The summed E-state index contributed by atoms with van der Waals surface area (Å²) in [6.45, 7) is 0.840. The second-order valence-corrected chi connectivity index (χ2v) is 6.47. The fourth-order valence-corrected chi connectivity index (χ4v) is 3.62. The van der Waals surface area contributed by atoms with Gasteiger partial charge in [0.1, 0.15) is 5.75 Å². The van der Waals surface area contributed by atoms with Crippen molar-refractivity contribution in [3.8, 4) is 5.75 Å². The maximum atomic E-state index is 9.40. The smallest absolute Gasteiger partial charge is 0.115 e. The molecular weight excluding hydrogens is 272 g/mol. The number of rotatable bonds is 5. The molecule has 3 nitrogen and oxygen atoms in total. The zero-order chi connectivity index (χ0) is 15.4. The summed E-state index contributed by atoms with van der Waals surface area (Å²) in [6.07, 6.45) is 8.86. The molecule has 1 unspecified atom stereocenters. The molecule has 1 aromatic heterocycles. The number of nitrogens with one attached hydrogen (secondary N) is 1. The van der Waals surface area contributed by atoms with Gasteiger partial charge in [0, 0.05) is 25.5 Å². The summed E-state index contributed by atoms with van der Waals surface area (Å²) < 4.78 is 2.24. The van der Waals surface area contributed by atoms with Crippen LogP contribution in [0.4, 0.5) is 0 Å². The van der Waals surface area contributed by atoms with Crippen LogP contribution in [0.15, 0.2) is 42.6 Å². The largest absolute Gasteiger partial charge is 0.508 e. The molecule has 2 aromatic rings. The Balaban J connectivity index is 1.73. The Morgan fingerprint density at radius 2 is 1.86 bits per heavy atom. The van der Waals surface area contributed by atoms with Crippen LogP contribution in [0.2, 0.25) is 0 Å². The van der Waals surface area contributed by atoms with Crippen LogP contribution in [0, 0.1) is 5.92 Å². The SMILES string of the molecule is Cn1cccc1C(NCc1ccc(O)cc1)C1CCCCC1. The molecule has 1 heterocycles. The molecule has 118 valence electrons. The molecule has 1 fully saturated rings. The van der Waals surface area contributed by atoms with E-state index in [0.29, 0.717) is 11.8 Å². The van der Waals surface area contributed by atoms with Gasteiger partial charge in [0.05, 0.1) is 6.04 Å². The standard InChI is InChI=1S/C19H26N2O/c1-21-13-5-8-18(21)19(16-6-3-2-4-7-16)20-14-15-9-11-17(22)12-10-15/h5,8-13,16,19-20,22H,2-4,6-7,14H2,1H3. The molecule has 2 N–H and O–H groups in total. The molecule has 0 saturated heterocycles. The van der Waals surface area contributed by atoms with Gasteiger partial charge in [-0.2, -0.15) is 0 Å². The van der Waals surface area contributed by atoms with Crippen molar-refractivity contribution in [2.45, 2.75) is 44.7 Å². The Kier molecular flexibility index (Phi) is 4.84. The number of benzene rings is 1. The highest BCUT2D eigenvalue weighted by molar-refractivity contribution is 5.26. The van der Waals surface area contributed by atoms with E-state index in [-0.39, 0.29) is 0 Å². The van der Waals surface area contributed by atoms with Crippen molar-refractivity contribution in [3.05, 3.63) is 53.9 Å². The predicted octanol–water partition coefficient (Wildman–Crippen LogP) is 4.14. The maximum absolute atomic E-state index is 9.40. The van der Waals surface area contributed by atoms with E-state index in [1.54, 1.807) is 12.1 Å². The molecule has 1 aliphatic rings. The van der Waals surface area contributed by atoms with E-state index in [2.05, 4.69) is 35.3 Å².